The van der Waals surface area contributed by atoms with Gasteiger partial charge in [-0.05, 0) is 29.8 Å². The number of hydrogen-bond donors (Lipinski definition) is 0. The van der Waals surface area contributed by atoms with Crippen molar-refractivity contribution in [2.45, 2.75) is 17.7 Å². The summed E-state index contributed by atoms with van der Waals surface area (Å²) in [6, 6.07) is 9.61. The van der Waals surface area contributed by atoms with Gasteiger partial charge in [-0.2, -0.15) is 13.2 Å². The maximum atomic E-state index is 12.5. The van der Waals surface area contributed by atoms with E-state index in [2.05, 4.69) is 4.98 Å². The molecule has 2 rings (SSSR count). The van der Waals surface area contributed by atoms with Gasteiger partial charge in [-0.25, -0.2) is 4.98 Å². The summed E-state index contributed by atoms with van der Waals surface area (Å²) in [5.74, 6) is 0.662. The molecule has 1 amide bonds. The fraction of sp³-hybridized carbons (Fsp3) is 0.294. The van der Waals surface area contributed by atoms with Crippen LogP contribution in [0.15, 0.2) is 47.6 Å². The summed E-state index contributed by atoms with van der Waals surface area (Å²) in [5, 5.41) is 0.371. The number of nitrogens with zero attached hydrogens (tertiary/aromatic N) is 2. The highest BCUT2D eigenvalue weighted by Gasteiger charge is 2.30. The number of methoxy groups -OCH3 is 1. The second-order valence-corrected chi connectivity index (χ2v) is 6.27. The molecule has 0 aliphatic rings. The van der Waals surface area contributed by atoms with Crippen molar-refractivity contribution in [3.05, 3.63) is 53.7 Å². The third kappa shape index (κ3) is 5.67. The molecule has 0 saturated heterocycles. The minimum absolute atomic E-state index is 0.0961. The number of alkyl halides is 3. The Bertz CT molecular complexity index is 721. The van der Waals surface area contributed by atoms with Crippen LogP contribution in [0.5, 0.6) is 5.75 Å². The smallest absolute Gasteiger partial charge is 0.417 e. The average molecular weight is 370 g/mol. The fourth-order valence-electron chi connectivity index (χ4n) is 2.01. The third-order valence-corrected chi connectivity index (χ3v) is 4.32. The molecule has 0 radical (unpaired) electrons. The number of amides is 1. The van der Waals surface area contributed by atoms with E-state index in [0.717, 1.165) is 29.6 Å². The predicted molar refractivity (Wildman–Crippen MR) is 89.4 cm³/mol. The number of ether oxygens (including phenoxy) is 1. The molecule has 0 unspecified atom stereocenters. The standard InChI is InChI=1S/C17H17F3N2O2S/c1-22(10-12-4-3-5-14(8-12)24-2)16(23)11-25-15-7-6-13(9-21-15)17(18,19)20/h3-9H,10-11H2,1-2H3. The molecule has 134 valence electrons. The predicted octanol–water partition coefficient (Wildman–Crippen LogP) is 3.86. The molecule has 0 spiro atoms. The lowest BCUT2D eigenvalue weighted by Crippen LogP contribution is -2.27. The minimum atomic E-state index is -4.41. The maximum Gasteiger partial charge on any atom is 0.417 e. The Morgan fingerprint density at radius 3 is 2.64 bits per heavy atom. The highest BCUT2D eigenvalue weighted by Crippen LogP contribution is 2.29. The van der Waals surface area contributed by atoms with Crippen LogP contribution in [-0.4, -0.2) is 35.7 Å². The van der Waals surface area contributed by atoms with Gasteiger partial charge in [-0.1, -0.05) is 23.9 Å². The van der Waals surface area contributed by atoms with E-state index in [0.29, 0.717) is 17.3 Å². The quantitative estimate of drug-likeness (QED) is 0.724. The number of aromatic nitrogens is 1. The van der Waals surface area contributed by atoms with Crippen molar-refractivity contribution in [3.8, 4) is 5.75 Å². The second kappa shape index (κ2) is 8.24. The summed E-state index contributed by atoms with van der Waals surface area (Å²) >= 11 is 1.10. The van der Waals surface area contributed by atoms with Gasteiger partial charge in [0.25, 0.3) is 0 Å². The third-order valence-electron chi connectivity index (χ3n) is 3.39. The SMILES string of the molecule is COc1cccc(CN(C)C(=O)CSc2ccc(C(F)(F)F)cn2)c1. The molecule has 2 aromatic rings. The zero-order valence-electron chi connectivity index (χ0n) is 13.7. The second-order valence-electron chi connectivity index (χ2n) is 5.27. The Morgan fingerprint density at radius 2 is 2.04 bits per heavy atom. The van der Waals surface area contributed by atoms with Crippen LogP contribution >= 0.6 is 11.8 Å². The molecule has 1 aromatic carbocycles. The molecule has 0 saturated carbocycles. The van der Waals surface area contributed by atoms with Gasteiger partial charge in [0.2, 0.25) is 5.91 Å². The lowest BCUT2D eigenvalue weighted by atomic mass is 10.2. The van der Waals surface area contributed by atoms with E-state index in [9.17, 15) is 18.0 Å². The van der Waals surface area contributed by atoms with Crippen molar-refractivity contribution >= 4 is 17.7 Å². The molecule has 4 nitrogen and oxygen atoms in total. The van der Waals surface area contributed by atoms with Crippen LogP contribution in [-0.2, 0) is 17.5 Å². The van der Waals surface area contributed by atoms with Gasteiger partial charge in [-0.15, -0.1) is 0 Å². The molecule has 0 aliphatic heterocycles. The molecule has 0 N–H and O–H groups in total. The summed E-state index contributed by atoms with van der Waals surface area (Å²) in [6.07, 6.45) is -3.64. The molecule has 1 heterocycles. The number of pyridine rings is 1. The Hall–Kier alpha value is -2.22. The van der Waals surface area contributed by atoms with Crippen molar-refractivity contribution < 1.29 is 22.7 Å². The van der Waals surface area contributed by atoms with Crippen LogP contribution in [0.3, 0.4) is 0 Å². The first-order chi connectivity index (χ1) is 11.8. The number of halogens is 3. The fourth-order valence-corrected chi connectivity index (χ4v) is 2.80. The molecule has 0 atom stereocenters. The largest absolute Gasteiger partial charge is 0.497 e. The molecule has 0 fully saturated rings. The Labute approximate surface area is 148 Å². The van der Waals surface area contributed by atoms with Gasteiger partial charge < -0.3 is 9.64 Å². The first kappa shape index (κ1) is 19.1. The summed E-state index contributed by atoms with van der Waals surface area (Å²) in [7, 11) is 3.24. The highest BCUT2D eigenvalue weighted by atomic mass is 32.2. The zero-order valence-corrected chi connectivity index (χ0v) is 14.5. The van der Waals surface area contributed by atoms with E-state index in [-0.39, 0.29) is 11.7 Å². The molecule has 8 heteroatoms. The lowest BCUT2D eigenvalue weighted by molar-refractivity contribution is -0.138. The topological polar surface area (TPSA) is 42.4 Å². The van der Waals surface area contributed by atoms with Crippen LogP contribution in [0.4, 0.5) is 13.2 Å². The van der Waals surface area contributed by atoms with Gasteiger partial charge in [0.15, 0.2) is 0 Å². The normalized spacial score (nSPS) is 11.2. The van der Waals surface area contributed by atoms with Crippen molar-refractivity contribution in [3.63, 3.8) is 0 Å². The van der Waals surface area contributed by atoms with Crippen molar-refractivity contribution in [2.24, 2.45) is 0 Å². The number of hydrogen-bond acceptors (Lipinski definition) is 4. The van der Waals surface area contributed by atoms with Crippen LogP contribution in [0.25, 0.3) is 0 Å². The average Bonchev–Trinajstić information content (AvgIpc) is 2.59. The Morgan fingerprint density at radius 1 is 1.28 bits per heavy atom. The van der Waals surface area contributed by atoms with E-state index in [1.807, 2.05) is 24.3 Å². The number of rotatable bonds is 6. The minimum Gasteiger partial charge on any atom is -0.497 e. The molecular formula is C17H17F3N2O2S. The maximum absolute atomic E-state index is 12.5. The molecule has 1 aromatic heterocycles. The van der Waals surface area contributed by atoms with Crippen LogP contribution in [0, 0.1) is 0 Å². The van der Waals surface area contributed by atoms with Gasteiger partial charge in [0.05, 0.1) is 23.5 Å². The van der Waals surface area contributed by atoms with Crippen molar-refractivity contribution in [1.29, 1.82) is 0 Å². The van der Waals surface area contributed by atoms with Crippen molar-refractivity contribution in [1.82, 2.24) is 9.88 Å². The van der Waals surface area contributed by atoms with Crippen LogP contribution in [0.2, 0.25) is 0 Å². The molecule has 0 aliphatic carbocycles. The molecule has 25 heavy (non-hydrogen) atoms. The Kier molecular flexibility index (Phi) is 6.30. The summed E-state index contributed by atoms with van der Waals surface area (Å²) in [4.78, 5) is 17.5. The van der Waals surface area contributed by atoms with Gasteiger partial charge in [0.1, 0.15) is 5.75 Å². The van der Waals surface area contributed by atoms with E-state index in [4.69, 9.17) is 4.74 Å². The monoisotopic (exact) mass is 370 g/mol. The van der Waals surface area contributed by atoms with Crippen molar-refractivity contribution in [2.75, 3.05) is 19.9 Å². The highest BCUT2D eigenvalue weighted by molar-refractivity contribution is 7.99. The van der Waals surface area contributed by atoms with Gasteiger partial charge in [-0.3, -0.25) is 4.79 Å². The summed E-state index contributed by atoms with van der Waals surface area (Å²) in [6.45, 7) is 0.414. The van der Waals surface area contributed by atoms with E-state index in [1.54, 1.807) is 19.1 Å². The molecule has 0 bridgehead atoms. The lowest BCUT2D eigenvalue weighted by Gasteiger charge is -2.17. The van der Waals surface area contributed by atoms with Gasteiger partial charge in [0, 0.05) is 19.8 Å². The van der Waals surface area contributed by atoms with Crippen LogP contribution < -0.4 is 4.74 Å². The zero-order chi connectivity index (χ0) is 18.4. The number of benzene rings is 1. The number of thioether (sulfide) groups is 1. The van der Waals surface area contributed by atoms with E-state index >= 15 is 0 Å². The first-order valence-electron chi connectivity index (χ1n) is 7.32. The summed E-state index contributed by atoms with van der Waals surface area (Å²) < 4.78 is 42.6. The number of carbonyl (C=O) groups excluding carboxylic acids is 1. The van der Waals surface area contributed by atoms with E-state index < -0.39 is 11.7 Å². The first-order valence-corrected chi connectivity index (χ1v) is 8.31. The van der Waals surface area contributed by atoms with Gasteiger partial charge >= 0.3 is 6.18 Å². The molecular weight excluding hydrogens is 353 g/mol. The number of carbonyl (C=O) groups is 1. The summed E-state index contributed by atoms with van der Waals surface area (Å²) in [5.41, 5.74) is 0.117. The van der Waals surface area contributed by atoms with E-state index in [1.165, 1.54) is 6.07 Å². The Balaban J connectivity index is 1.88. The van der Waals surface area contributed by atoms with Crippen LogP contribution in [0.1, 0.15) is 11.1 Å².